The molecule has 5 rings (SSSR count). The summed E-state index contributed by atoms with van der Waals surface area (Å²) in [4.78, 5) is 19.7. The molecule has 0 saturated carbocycles. The van der Waals surface area contributed by atoms with E-state index in [1.54, 1.807) is 6.07 Å². The number of aromatic nitrogens is 4. The average Bonchev–Trinajstić information content (AvgIpc) is 2.78. The highest BCUT2D eigenvalue weighted by Crippen LogP contribution is 2.40. The van der Waals surface area contributed by atoms with Crippen LogP contribution in [0.4, 0.5) is 29.2 Å². The Bertz CT molecular complexity index is 1450. The van der Waals surface area contributed by atoms with Crippen LogP contribution in [0.3, 0.4) is 0 Å². The molecule has 180 valence electrons. The molecule has 1 aromatic carbocycles. The fraction of sp³-hybridized carbons (Fsp3) is 0.375. The number of likely N-dealkylation sites (N-methyl/N-ethyl adjacent to an activating group) is 1. The molecule has 1 atom stereocenters. The number of nitrogens with zero attached hydrogens (tertiary/aromatic N) is 7. The van der Waals surface area contributed by atoms with Gasteiger partial charge in [0.05, 0.1) is 6.20 Å². The van der Waals surface area contributed by atoms with Gasteiger partial charge in [0, 0.05) is 53.3 Å². The SMILES string of the molecule is CN1Cc2cc(Nc3ncc(C#N)c(Nc4nccc(N=S(C)(C)=O)n4)n3)cc3c2C(CCC3)C1. The normalized spacial score (nSPS) is 17.3. The van der Waals surface area contributed by atoms with Crippen molar-refractivity contribution in [2.24, 2.45) is 4.36 Å². The Morgan fingerprint density at radius 3 is 2.77 bits per heavy atom. The Hall–Kier alpha value is -3.62. The van der Waals surface area contributed by atoms with E-state index in [4.69, 9.17) is 0 Å². The standard InChI is InChI=1S/C24H27N9OS/c1-33-13-16-6-4-5-15-9-19(10-17(14-33)21(15)16)28-24-27-12-18(11-25)22(31-24)30-23-26-8-7-20(29-23)32-35(2,3)34/h7-10,12,16H,4-6,13-14H2,1-3H3,(H2,26,27,28,29,30,31). The highest BCUT2D eigenvalue weighted by molar-refractivity contribution is 7.92. The van der Waals surface area contributed by atoms with Crippen LogP contribution in [0.1, 0.15) is 41.0 Å². The minimum atomic E-state index is -2.37. The lowest BCUT2D eigenvalue weighted by Gasteiger charge is -2.37. The first-order valence-corrected chi connectivity index (χ1v) is 13.8. The molecular weight excluding hydrogens is 462 g/mol. The van der Waals surface area contributed by atoms with Crippen molar-refractivity contribution >= 4 is 38.9 Å². The van der Waals surface area contributed by atoms with Crippen LogP contribution in [-0.4, -0.2) is 55.1 Å². The van der Waals surface area contributed by atoms with Crippen LogP contribution >= 0.6 is 0 Å². The third-order valence-corrected chi connectivity index (χ3v) is 6.71. The largest absolute Gasteiger partial charge is 0.324 e. The van der Waals surface area contributed by atoms with Crippen molar-refractivity contribution in [3.05, 3.63) is 52.8 Å². The summed E-state index contributed by atoms with van der Waals surface area (Å²) in [7, 11) is -0.201. The lowest BCUT2D eigenvalue weighted by Crippen LogP contribution is -2.33. The topological polar surface area (TPSA) is 132 Å². The van der Waals surface area contributed by atoms with Crippen molar-refractivity contribution in [1.82, 2.24) is 24.8 Å². The van der Waals surface area contributed by atoms with Gasteiger partial charge in [0.1, 0.15) is 11.6 Å². The van der Waals surface area contributed by atoms with E-state index in [0.29, 0.717) is 11.9 Å². The third-order valence-electron chi connectivity index (χ3n) is 6.08. The number of rotatable bonds is 5. The summed E-state index contributed by atoms with van der Waals surface area (Å²) in [6, 6.07) is 8.04. The van der Waals surface area contributed by atoms with Gasteiger partial charge in [-0.1, -0.05) is 0 Å². The van der Waals surface area contributed by atoms with Gasteiger partial charge in [-0.3, -0.25) is 0 Å². The number of nitrogens with one attached hydrogen (secondary N) is 2. The first-order chi connectivity index (χ1) is 16.8. The number of anilines is 4. The van der Waals surface area contributed by atoms with E-state index in [1.165, 1.54) is 54.4 Å². The van der Waals surface area contributed by atoms with Gasteiger partial charge in [-0.25, -0.2) is 14.2 Å². The summed E-state index contributed by atoms with van der Waals surface area (Å²) in [5.41, 5.74) is 5.46. The lowest BCUT2D eigenvalue weighted by molar-refractivity contribution is 0.266. The second kappa shape index (κ2) is 9.20. The summed E-state index contributed by atoms with van der Waals surface area (Å²) in [5.74, 6) is 1.73. The van der Waals surface area contributed by atoms with Crippen LogP contribution < -0.4 is 10.6 Å². The van der Waals surface area contributed by atoms with Crippen molar-refractivity contribution in [1.29, 1.82) is 5.26 Å². The summed E-state index contributed by atoms with van der Waals surface area (Å²) in [6.45, 7) is 2.04. The molecule has 35 heavy (non-hydrogen) atoms. The van der Waals surface area contributed by atoms with Crippen LogP contribution in [0.2, 0.25) is 0 Å². The van der Waals surface area contributed by atoms with Crippen LogP contribution in [0.15, 0.2) is 35.0 Å². The second-order valence-electron chi connectivity index (χ2n) is 9.32. The number of aryl methyl sites for hydroxylation is 1. The molecule has 3 aromatic rings. The quantitative estimate of drug-likeness (QED) is 0.548. The van der Waals surface area contributed by atoms with E-state index in [0.717, 1.165) is 25.2 Å². The Labute approximate surface area is 205 Å². The van der Waals surface area contributed by atoms with Crippen molar-refractivity contribution in [2.45, 2.75) is 31.7 Å². The summed E-state index contributed by atoms with van der Waals surface area (Å²) >= 11 is 0. The average molecular weight is 490 g/mol. The number of hydrogen-bond acceptors (Lipinski definition) is 10. The highest BCUT2D eigenvalue weighted by atomic mass is 32.2. The third kappa shape index (κ3) is 5.23. The first-order valence-electron chi connectivity index (χ1n) is 11.4. The molecule has 0 radical (unpaired) electrons. The molecule has 0 saturated heterocycles. The zero-order chi connectivity index (χ0) is 24.6. The van der Waals surface area contributed by atoms with E-state index >= 15 is 0 Å². The molecule has 1 aliphatic heterocycles. The molecule has 0 bridgehead atoms. The zero-order valence-corrected chi connectivity index (χ0v) is 20.8. The molecule has 2 aliphatic rings. The van der Waals surface area contributed by atoms with Gasteiger partial charge >= 0.3 is 0 Å². The summed E-state index contributed by atoms with van der Waals surface area (Å²) in [5, 5.41) is 15.8. The Kier molecular flexibility index (Phi) is 6.08. The van der Waals surface area contributed by atoms with Gasteiger partial charge < -0.3 is 15.5 Å². The van der Waals surface area contributed by atoms with E-state index < -0.39 is 9.73 Å². The summed E-state index contributed by atoms with van der Waals surface area (Å²) in [6.07, 6.45) is 9.57. The van der Waals surface area contributed by atoms with Gasteiger partial charge in [0.25, 0.3) is 0 Å². The Morgan fingerprint density at radius 1 is 1.17 bits per heavy atom. The van der Waals surface area contributed by atoms with E-state index in [2.05, 4.69) is 65.1 Å². The maximum atomic E-state index is 12.0. The predicted octanol–water partition coefficient (Wildman–Crippen LogP) is 3.85. The predicted molar refractivity (Wildman–Crippen MR) is 136 cm³/mol. The Balaban J connectivity index is 1.44. The fourth-order valence-electron chi connectivity index (χ4n) is 4.85. The van der Waals surface area contributed by atoms with Crippen molar-refractivity contribution in [3.8, 4) is 6.07 Å². The fourth-order valence-corrected chi connectivity index (χ4v) is 5.40. The van der Waals surface area contributed by atoms with Gasteiger partial charge in [0.15, 0.2) is 11.6 Å². The molecule has 11 heteroatoms. The van der Waals surface area contributed by atoms with E-state index in [-0.39, 0.29) is 23.1 Å². The van der Waals surface area contributed by atoms with Crippen LogP contribution in [0.5, 0.6) is 0 Å². The first kappa shape index (κ1) is 23.1. The lowest BCUT2D eigenvalue weighted by atomic mass is 9.77. The van der Waals surface area contributed by atoms with E-state index in [9.17, 15) is 9.47 Å². The molecule has 1 aliphatic carbocycles. The van der Waals surface area contributed by atoms with Gasteiger partial charge in [-0.2, -0.15) is 19.6 Å². The van der Waals surface area contributed by atoms with Crippen molar-refractivity contribution < 1.29 is 4.21 Å². The molecule has 0 amide bonds. The second-order valence-corrected chi connectivity index (χ2v) is 11.9. The minimum absolute atomic E-state index is 0.198. The van der Waals surface area contributed by atoms with Crippen LogP contribution in [0.25, 0.3) is 0 Å². The smallest absolute Gasteiger partial charge is 0.230 e. The highest BCUT2D eigenvalue weighted by Gasteiger charge is 2.29. The minimum Gasteiger partial charge on any atom is -0.324 e. The molecule has 3 heterocycles. The van der Waals surface area contributed by atoms with Gasteiger partial charge in [0.2, 0.25) is 11.9 Å². The van der Waals surface area contributed by atoms with E-state index in [1.807, 2.05) is 0 Å². The maximum absolute atomic E-state index is 12.0. The van der Waals surface area contributed by atoms with Crippen molar-refractivity contribution in [3.63, 3.8) is 0 Å². The van der Waals surface area contributed by atoms with Crippen LogP contribution in [0, 0.1) is 11.3 Å². The van der Waals surface area contributed by atoms with Gasteiger partial charge in [-0.05, 0) is 61.1 Å². The summed E-state index contributed by atoms with van der Waals surface area (Å²) < 4.78 is 16.1. The number of hydrogen-bond donors (Lipinski definition) is 2. The molecule has 10 nitrogen and oxygen atoms in total. The number of benzene rings is 1. The zero-order valence-electron chi connectivity index (χ0n) is 19.9. The van der Waals surface area contributed by atoms with Crippen LogP contribution in [-0.2, 0) is 22.7 Å². The molecular formula is C24H27N9OS. The molecule has 2 aromatic heterocycles. The monoisotopic (exact) mass is 489 g/mol. The number of nitriles is 1. The maximum Gasteiger partial charge on any atom is 0.230 e. The molecule has 0 fully saturated rings. The van der Waals surface area contributed by atoms with Gasteiger partial charge in [-0.15, -0.1) is 0 Å². The molecule has 2 N–H and O–H groups in total. The Morgan fingerprint density at radius 2 is 1.97 bits per heavy atom. The van der Waals surface area contributed by atoms with Crippen molar-refractivity contribution in [2.75, 3.05) is 36.7 Å². The molecule has 1 unspecified atom stereocenters. The molecule has 0 spiro atoms.